The predicted octanol–water partition coefficient (Wildman–Crippen LogP) is 0.982. The van der Waals surface area contributed by atoms with Gasteiger partial charge >= 0.3 is 0 Å². The summed E-state index contributed by atoms with van der Waals surface area (Å²) in [6, 6.07) is 0. The molecule has 1 atom stereocenters. The fourth-order valence-corrected chi connectivity index (χ4v) is 3.23. The quantitative estimate of drug-likeness (QED) is 0.540. The molecule has 1 unspecified atom stereocenters. The Morgan fingerprint density at radius 2 is 2.38 bits per heavy atom. The highest BCUT2D eigenvalue weighted by Crippen LogP contribution is 2.29. The van der Waals surface area contributed by atoms with Gasteiger partial charge in [0.2, 0.25) is 11.5 Å². The van der Waals surface area contributed by atoms with Crippen LogP contribution in [0, 0.1) is 5.41 Å². The molecule has 1 aromatic rings. The van der Waals surface area contributed by atoms with E-state index in [4.69, 9.17) is 5.41 Å². The second-order valence-corrected chi connectivity index (χ2v) is 5.14. The van der Waals surface area contributed by atoms with Gasteiger partial charge in [0, 0.05) is 12.6 Å². The third kappa shape index (κ3) is 1.06. The van der Waals surface area contributed by atoms with Gasteiger partial charge in [0.25, 0.3) is 0 Å². The highest BCUT2D eigenvalue weighted by molar-refractivity contribution is 9.10. The van der Waals surface area contributed by atoms with Gasteiger partial charge in [-0.05, 0) is 5.56 Å². The van der Waals surface area contributed by atoms with Crippen molar-refractivity contribution in [3.63, 3.8) is 0 Å². The molecule has 2 aliphatic rings. The number of Topliss-reactive ketones (excluding diaryl/α,β-unsaturated/α-hetero) is 1. The number of halogens is 1. The van der Waals surface area contributed by atoms with E-state index in [0.717, 1.165) is 24.2 Å². The molecule has 0 saturated heterocycles. The Kier molecular flexibility index (Phi) is 1.95. The van der Waals surface area contributed by atoms with Crippen LogP contribution in [-0.2, 0) is 6.42 Å². The Labute approximate surface area is 101 Å². The Balaban J connectivity index is 2.37. The van der Waals surface area contributed by atoms with Crippen molar-refractivity contribution in [1.29, 1.82) is 5.41 Å². The van der Waals surface area contributed by atoms with Crippen LogP contribution < -0.4 is 0 Å². The minimum atomic E-state index is -0.271. The van der Waals surface area contributed by atoms with Gasteiger partial charge in [0.15, 0.2) is 0 Å². The summed E-state index contributed by atoms with van der Waals surface area (Å²) >= 11 is 3.45. The molecule has 1 aromatic heterocycles. The largest absolute Gasteiger partial charge is 0.357 e. The van der Waals surface area contributed by atoms with Crippen LogP contribution in [0.1, 0.15) is 21.6 Å². The molecule has 0 fully saturated rings. The number of rotatable bonds is 0. The summed E-state index contributed by atoms with van der Waals surface area (Å²) in [5.74, 6) is -0.192. The van der Waals surface area contributed by atoms with E-state index in [1.54, 1.807) is 0 Å². The molecule has 2 N–H and O–H groups in total. The molecule has 82 valence electrons. The average molecular weight is 281 g/mol. The molecule has 3 rings (SSSR count). The maximum absolute atomic E-state index is 11.9. The first-order chi connectivity index (χ1) is 7.61. The number of carbonyl (C=O) groups excluding carboxylic acids is 1. The van der Waals surface area contributed by atoms with E-state index >= 15 is 0 Å². The zero-order chi connectivity index (χ0) is 11.4. The van der Waals surface area contributed by atoms with Crippen LogP contribution in [0.2, 0.25) is 0 Å². The molecular weight excluding hydrogens is 270 g/mol. The number of nitrogens with zero attached hydrogens (tertiary/aromatic N) is 1. The number of alkyl halides is 1. The molecule has 4 nitrogen and oxygen atoms in total. The van der Waals surface area contributed by atoms with Crippen LogP contribution in [-0.4, -0.2) is 45.2 Å². The summed E-state index contributed by atoms with van der Waals surface area (Å²) in [4.78, 5) is 14.7. The molecule has 2 heterocycles. The lowest BCUT2D eigenvalue weighted by Gasteiger charge is -2.22. The first kappa shape index (κ1) is 9.96. The molecule has 0 bridgehead atoms. The van der Waals surface area contributed by atoms with Gasteiger partial charge < -0.3 is 4.98 Å². The summed E-state index contributed by atoms with van der Waals surface area (Å²) in [5.41, 5.74) is 3.94. The van der Waals surface area contributed by atoms with E-state index in [9.17, 15) is 4.79 Å². The molecule has 0 spiro atoms. The number of nitrogens with one attached hydrogen (secondary N) is 2. The average Bonchev–Trinajstić information content (AvgIpc) is 2.68. The smallest absolute Gasteiger partial charge is 0.225 e. The second-order valence-electron chi connectivity index (χ2n) is 4.23. The minimum Gasteiger partial charge on any atom is -0.357 e. The first-order valence-electron chi connectivity index (χ1n) is 5.17. The number of hydrogen-bond donors (Lipinski definition) is 2. The second kappa shape index (κ2) is 3.13. The fraction of sp³-hybridized carbons (Fsp3) is 0.364. The Bertz CT molecular complexity index is 556. The Hall–Kier alpha value is -1.23. The fourth-order valence-electron chi connectivity index (χ4n) is 2.44. The van der Waals surface area contributed by atoms with Crippen molar-refractivity contribution in [3.05, 3.63) is 23.0 Å². The van der Waals surface area contributed by atoms with Gasteiger partial charge in [-0.3, -0.25) is 10.2 Å². The lowest BCUT2D eigenvalue weighted by molar-refractivity contribution is -0.498. The summed E-state index contributed by atoms with van der Waals surface area (Å²) in [7, 11) is 2.01. The van der Waals surface area contributed by atoms with E-state index in [1.165, 1.54) is 5.56 Å². The first-order valence-corrected chi connectivity index (χ1v) is 6.08. The maximum atomic E-state index is 11.9. The number of ketones is 1. The number of aromatic amines is 1. The Morgan fingerprint density at radius 3 is 3.12 bits per heavy atom. The highest BCUT2D eigenvalue weighted by atomic mass is 79.9. The summed E-state index contributed by atoms with van der Waals surface area (Å²) in [6.07, 6.45) is 2.85. The van der Waals surface area contributed by atoms with Crippen LogP contribution in [0.5, 0.6) is 0 Å². The highest BCUT2D eigenvalue weighted by Gasteiger charge is 2.43. The van der Waals surface area contributed by atoms with Crippen LogP contribution in [0.4, 0.5) is 0 Å². The topological polar surface area (TPSA) is 59.7 Å². The van der Waals surface area contributed by atoms with Crippen molar-refractivity contribution in [2.45, 2.75) is 11.2 Å². The number of H-pyrrole nitrogens is 1. The molecule has 1 aliphatic heterocycles. The minimum absolute atomic E-state index is 0.115. The van der Waals surface area contributed by atoms with Gasteiger partial charge in [0.05, 0.1) is 5.56 Å². The zero-order valence-electron chi connectivity index (χ0n) is 8.80. The van der Waals surface area contributed by atoms with Gasteiger partial charge in [-0.25, -0.2) is 4.58 Å². The van der Waals surface area contributed by atoms with Crippen LogP contribution in [0.3, 0.4) is 0 Å². The van der Waals surface area contributed by atoms with Crippen LogP contribution in [0.25, 0.3) is 0 Å². The molecule has 16 heavy (non-hydrogen) atoms. The number of carbonyl (C=O) groups is 1. The van der Waals surface area contributed by atoms with Gasteiger partial charge in [-0.1, -0.05) is 15.9 Å². The number of aromatic nitrogens is 1. The predicted molar refractivity (Wildman–Crippen MR) is 64.4 cm³/mol. The third-order valence-corrected chi connectivity index (χ3v) is 4.20. The van der Waals surface area contributed by atoms with Crippen molar-refractivity contribution in [2.75, 3.05) is 13.6 Å². The maximum Gasteiger partial charge on any atom is 0.225 e. The monoisotopic (exact) mass is 280 g/mol. The summed E-state index contributed by atoms with van der Waals surface area (Å²) in [5, 5.41) is 7.82. The van der Waals surface area contributed by atoms with Gasteiger partial charge in [-0.2, -0.15) is 0 Å². The van der Waals surface area contributed by atoms with Crippen molar-refractivity contribution in [2.24, 2.45) is 0 Å². The molecular formula is C11H11BrN3O+. The third-order valence-electron chi connectivity index (χ3n) is 3.31. The Morgan fingerprint density at radius 1 is 1.62 bits per heavy atom. The molecule has 0 radical (unpaired) electrons. The lowest BCUT2D eigenvalue weighted by atomic mass is 9.87. The van der Waals surface area contributed by atoms with E-state index in [-0.39, 0.29) is 16.3 Å². The SMILES string of the molecule is C[N+]1=C2c3c(c[nH]c3C(=O)C(=N)C2Br)CC1. The van der Waals surface area contributed by atoms with Gasteiger partial charge in [-0.15, -0.1) is 0 Å². The summed E-state index contributed by atoms with van der Waals surface area (Å²) < 4.78 is 2.13. The zero-order valence-corrected chi connectivity index (χ0v) is 10.4. The van der Waals surface area contributed by atoms with E-state index in [1.807, 2.05) is 13.2 Å². The molecule has 5 heteroatoms. The number of hydrogen-bond acceptors (Lipinski definition) is 2. The normalized spacial score (nSPS) is 23.8. The van der Waals surface area contributed by atoms with Crippen molar-refractivity contribution in [3.8, 4) is 0 Å². The van der Waals surface area contributed by atoms with Crippen molar-refractivity contribution < 1.29 is 9.37 Å². The van der Waals surface area contributed by atoms with Gasteiger partial charge in [0.1, 0.15) is 29.8 Å². The summed E-state index contributed by atoms with van der Waals surface area (Å²) in [6.45, 7) is 0.934. The lowest BCUT2D eigenvalue weighted by Crippen LogP contribution is -2.44. The molecule has 1 aliphatic carbocycles. The standard InChI is InChI=1S/C11H10BrN3O/c1-15-3-2-5-4-14-9-6(5)10(15)7(12)8(13)11(9)16/h4,7,13H,2-3H2,1H3/p+1. The van der Waals surface area contributed by atoms with E-state index in [0.29, 0.717) is 5.69 Å². The van der Waals surface area contributed by atoms with E-state index < -0.39 is 0 Å². The van der Waals surface area contributed by atoms with Crippen LogP contribution >= 0.6 is 15.9 Å². The molecule has 0 amide bonds. The van der Waals surface area contributed by atoms with Crippen molar-refractivity contribution >= 4 is 33.1 Å². The molecule has 0 aromatic carbocycles. The van der Waals surface area contributed by atoms with Crippen LogP contribution in [0.15, 0.2) is 6.20 Å². The van der Waals surface area contributed by atoms with E-state index in [2.05, 4.69) is 25.5 Å². The van der Waals surface area contributed by atoms with Crippen molar-refractivity contribution in [1.82, 2.24) is 4.98 Å². The number of likely N-dealkylation sites (N-methyl/N-ethyl adjacent to an activating group) is 1. The molecule has 0 saturated carbocycles.